The van der Waals surface area contributed by atoms with Gasteiger partial charge in [0.2, 0.25) is 0 Å². The molecule has 1 aliphatic heterocycles. The minimum Gasteiger partial charge on any atom is -0.493 e. The van der Waals surface area contributed by atoms with Crippen LogP contribution in [0.2, 0.25) is 0 Å². The molecule has 0 atom stereocenters. The molecule has 1 aliphatic rings. The minimum absolute atomic E-state index is 0.224. The number of carbonyl (C=O) groups excluding carboxylic acids is 1. The topological polar surface area (TPSA) is 84.7 Å². The number of hydrogen-bond acceptors (Lipinski definition) is 6. The van der Waals surface area contributed by atoms with Gasteiger partial charge in [-0.2, -0.15) is 5.10 Å². The smallest absolute Gasteiger partial charge is 0.323 e. The van der Waals surface area contributed by atoms with Gasteiger partial charge in [0, 0.05) is 17.3 Å². The minimum atomic E-state index is -1.12. The van der Waals surface area contributed by atoms with Gasteiger partial charge in [0.05, 0.1) is 22.9 Å². The molecule has 174 valence electrons. The van der Waals surface area contributed by atoms with Crippen LogP contribution in [-0.2, 0) is 9.59 Å². The van der Waals surface area contributed by atoms with Gasteiger partial charge < -0.3 is 9.84 Å². The number of para-hydroxylation sites is 1. The van der Waals surface area contributed by atoms with Crippen molar-refractivity contribution in [3.8, 4) is 22.7 Å². The summed E-state index contributed by atoms with van der Waals surface area (Å²) in [5, 5.41) is 13.9. The first kappa shape index (κ1) is 23.7. The number of aliphatic carboxylic acids is 1. The second-order valence-electron chi connectivity index (χ2n) is 8.10. The molecule has 9 heteroatoms. The normalized spacial score (nSPS) is 14.9. The number of thioether (sulfide) groups is 1. The molecule has 3 aromatic rings. The van der Waals surface area contributed by atoms with Crippen molar-refractivity contribution in [2.75, 3.05) is 13.2 Å². The Morgan fingerprint density at radius 2 is 1.88 bits per heavy atom. The van der Waals surface area contributed by atoms with E-state index in [1.54, 1.807) is 10.8 Å². The number of hydrogen-bond donors (Lipinski definition) is 1. The van der Waals surface area contributed by atoms with E-state index < -0.39 is 18.4 Å². The number of carbonyl (C=O) groups is 2. The summed E-state index contributed by atoms with van der Waals surface area (Å²) in [7, 11) is 0. The first-order valence-electron chi connectivity index (χ1n) is 10.7. The van der Waals surface area contributed by atoms with E-state index in [0.717, 1.165) is 39.2 Å². The summed E-state index contributed by atoms with van der Waals surface area (Å²) >= 11 is 6.31. The van der Waals surface area contributed by atoms with Gasteiger partial charge in [-0.25, -0.2) is 4.68 Å². The third-order valence-electron chi connectivity index (χ3n) is 4.93. The van der Waals surface area contributed by atoms with Gasteiger partial charge in [-0.3, -0.25) is 14.5 Å². The van der Waals surface area contributed by atoms with Crippen molar-refractivity contribution in [2.45, 2.75) is 13.8 Å². The number of carboxylic acids is 1. The van der Waals surface area contributed by atoms with E-state index in [4.69, 9.17) is 27.2 Å². The van der Waals surface area contributed by atoms with Crippen LogP contribution < -0.4 is 4.74 Å². The molecule has 0 spiro atoms. The predicted molar refractivity (Wildman–Crippen MR) is 137 cm³/mol. The lowest BCUT2D eigenvalue weighted by Gasteiger charge is -2.10. The van der Waals surface area contributed by atoms with Crippen LogP contribution in [0, 0.1) is 5.92 Å². The summed E-state index contributed by atoms with van der Waals surface area (Å²) in [4.78, 5) is 25.4. The fourth-order valence-corrected chi connectivity index (χ4v) is 4.56. The number of amides is 1. The van der Waals surface area contributed by atoms with E-state index >= 15 is 0 Å². The molecular weight excluding hydrogens is 470 g/mol. The summed E-state index contributed by atoms with van der Waals surface area (Å²) in [5.74, 6) is -0.341. The Kier molecular flexibility index (Phi) is 7.14. The Hall–Kier alpha value is -3.43. The molecule has 7 nitrogen and oxygen atoms in total. The van der Waals surface area contributed by atoms with Crippen molar-refractivity contribution in [2.24, 2.45) is 5.92 Å². The Bertz CT molecular complexity index is 1250. The SMILES string of the molecule is CC(C)COc1ccc(-c2nn(-c3ccccc3)cc2/C=C2\SC(=S)N(CC(=O)O)C2=O)cc1. The van der Waals surface area contributed by atoms with E-state index in [1.165, 1.54) is 0 Å². The lowest BCUT2D eigenvalue weighted by molar-refractivity contribution is -0.140. The van der Waals surface area contributed by atoms with Crippen LogP contribution in [0.3, 0.4) is 0 Å². The van der Waals surface area contributed by atoms with Crippen LogP contribution >= 0.6 is 24.0 Å². The molecule has 1 fully saturated rings. The lowest BCUT2D eigenvalue weighted by atomic mass is 10.1. The fourth-order valence-electron chi connectivity index (χ4n) is 3.31. The number of nitrogens with zero attached hydrogens (tertiary/aromatic N) is 3. The molecule has 4 rings (SSSR count). The molecule has 34 heavy (non-hydrogen) atoms. The Morgan fingerprint density at radius 3 is 2.53 bits per heavy atom. The van der Waals surface area contributed by atoms with Gasteiger partial charge in [0.15, 0.2) is 0 Å². The van der Waals surface area contributed by atoms with Crippen molar-refractivity contribution in [3.63, 3.8) is 0 Å². The summed E-state index contributed by atoms with van der Waals surface area (Å²) in [6.45, 7) is 4.35. The number of rotatable bonds is 8. The maximum absolute atomic E-state index is 12.8. The van der Waals surface area contributed by atoms with Gasteiger partial charge >= 0.3 is 5.97 Å². The highest BCUT2D eigenvalue weighted by atomic mass is 32.2. The molecule has 0 bridgehead atoms. The number of thiocarbonyl (C=S) groups is 1. The molecule has 1 N–H and O–H groups in total. The monoisotopic (exact) mass is 493 g/mol. The highest BCUT2D eigenvalue weighted by Gasteiger charge is 2.33. The molecule has 1 aromatic heterocycles. The number of benzene rings is 2. The van der Waals surface area contributed by atoms with E-state index in [1.807, 2.05) is 60.8 Å². The van der Waals surface area contributed by atoms with Gasteiger partial charge in [0.25, 0.3) is 5.91 Å². The van der Waals surface area contributed by atoms with E-state index in [2.05, 4.69) is 13.8 Å². The Morgan fingerprint density at radius 1 is 1.18 bits per heavy atom. The standard InChI is InChI=1S/C25H23N3O4S2/c1-16(2)15-32-20-10-8-17(9-11-20)23-18(13-28(26-23)19-6-4-3-5-7-19)12-21-24(31)27(14-22(29)30)25(33)34-21/h3-13,16H,14-15H2,1-2H3,(H,29,30)/b21-12-. The fraction of sp³-hybridized carbons (Fsp3) is 0.200. The largest absolute Gasteiger partial charge is 0.493 e. The summed E-state index contributed by atoms with van der Waals surface area (Å²) in [5.41, 5.74) is 3.14. The Labute approximate surface area is 207 Å². The maximum atomic E-state index is 12.8. The second-order valence-corrected chi connectivity index (χ2v) is 9.78. The maximum Gasteiger partial charge on any atom is 0.323 e. The Balaban J connectivity index is 1.71. The molecule has 0 radical (unpaired) electrons. The molecule has 0 aliphatic carbocycles. The van der Waals surface area contributed by atoms with Crippen LogP contribution in [0.4, 0.5) is 0 Å². The zero-order valence-corrected chi connectivity index (χ0v) is 20.3. The molecular formula is C25H23N3O4S2. The molecule has 1 amide bonds. The van der Waals surface area contributed by atoms with Crippen molar-refractivity contribution < 1.29 is 19.4 Å². The van der Waals surface area contributed by atoms with E-state index in [-0.39, 0.29) is 4.32 Å². The number of aromatic nitrogens is 2. The molecule has 0 unspecified atom stereocenters. The van der Waals surface area contributed by atoms with Crippen LogP contribution in [-0.4, -0.2) is 49.1 Å². The van der Waals surface area contributed by atoms with Crippen molar-refractivity contribution in [3.05, 3.63) is 71.3 Å². The van der Waals surface area contributed by atoms with E-state index in [9.17, 15) is 9.59 Å². The summed E-state index contributed by atoms with van der Waals surface area (Å²) in [6, 6.07) is 17.3. The van der Waals surface area contributed by atoms with Crippen LogP contribution in [0.1, 0.15) is 19.4 Å². The number of carboxylic acid groups (broad SMARTS) is 1. The predicted octanol–water partition coefficient (Wildman–Crippen LogP) is 4.86. The zero-order chi connectivity index (χ0) is 24.2. The van der Waals surface area contributed by atoms with E-state index in [0.29, 0.717) is 23.1 Å². The van der Waals surface area contributed by atoms with Crippen molar-refractivity contribution in [1.29, 1.82) is 0 Å². The highest BCUT2D eigenvalue weighted by molar-refractivity contribution is 8.26. The average Bonchev–Trinajstić information content (AvgIpc) is 3.35. The molecule has 2 aromatic carbocycles. The number of ether oxygens (including phenoxy) is 1. The molecule has 2 heterocycles. The van der Waals surface area contributed by atoms with Crippen molar-refractivity contribution >= 4 is 46.3 Å². The first-order valence-corrected chi connectivity index (χ1v) is 11.9. The quantitative estimate of drug-likeness (QED) is 0.354. The van der Waals surface area contributed by atoms with Crippen LogP contribution in [0.25, 0.3) is 23.0 Å². The summed E-state index contributed by atoms with van der Waals surface area (Å²) < 4.78 is 7.76. The van der Waals surface area contributed by atoms with Gasteiger partial charge in [-0.15, -0.1) is 0 Å². The van der Waals surface area contributed by atoms with Gasteiger partial charge in [0.1, 0.15) is 16.6 Å². The van der Waals surface area contributed by atoms with Crippen molar-refractivity contribution in [1.82, 2.24) is 14.7 Å². The lowest BCUT2D eigenvalue weighted by Crippen LogP contribution is -2.33. The average molecular weight is 494 g/mol. The first-order chi connectivity index (χ1) is 16.3. The van der Waals surface area contributed by atoms with Gasteiger partial charge in [-0.05, 0) is 48.4 Å². The second kappa shape index (κ2) is 10.2. The van der Waals surface area contributed by atoms with Crippen LogP contribution in [0.15, 0.2) is 65.7 Å². The molecule has 1 saturated heterocycles. The molecule has 0 saturated carbocycles. The third kappa shape index (κ3) is 5.37. The summed E-state index contributed by atoms with van der Waals surface area (Å²) in [6.07, 6.45) is 3.56. The van der Waals surface area contributed by atoms with Crippen LogP contribution in [0.5, 0.6) is 5.75 Å². The highest BCUT2D eigenvalue weighted by Crippen LogP contribution is 2.35. The van der Waals surface area contributed by atoms with Gasteiger partial charge in [-0.1, -0.05) is 56.0 Å². The zero-order valence-electron chi connectivity index (χ0n) is 18.7. The third-order valence-corrected chi connectivity index (χ3v) is 6.31.